The van der Waals surface area contributed by atoms with Gasteiger partial charge in [-0.1, -0.05) is 67.9 Å². The monoisotopic (exact) mass is 601 g/mol. The van der Waals surface area contributed by atoms with Crippen LogP contribution >= 0.6 is 11.6 Å². The Kier molecular flexibility index (Phi) is 11.7. The molecule has 0 aliphatic heterocycles. The van der Waals surface area contributed by atoms with Crippen molar-refractivity contribution < 1.29 is 22.4 Å². The van der Waals surface area contributed by atoms with Crippen molar-refractivity contribution in [1.82, 2.24) is 10.2 Å². The van der Waals surface area contributed by atoms with Crippen molar-refractivity contribution in [3.63, 3.8) is 0 Å². The Morgan fingerprint density at radius 2 is 1.56 bits per heavy atom. The maximum absolute atomic E-state index is 13.8. The summed E-state index contributed by atoms with van der Waals surface area (Å²) in [7, 11) is -3.68. The number of nitrogens with zero attached hydrogens (tertiary/aromatic N) is 2. The molecule has 0 spiro atoms. The molecular formula is C31H37ClFN3O4S. The van der Waals surface area contributed by atoms with Crippen LogP contribution in [-0.4, -0.2) is 50.5 Å². The lowest BCUT2D eigenvalue weighted by Crippen LogP contribution is -2.51. The van der Waals surface area contributed by atoms with Crippen molar-refractivity contribution in [2.24, 2.45) is 5.92 Å². The van der Waals surface area contributed by atoms with Crippen LogP contribution in [0.1, 0.15) is 37.8 Å². The zero-order valence-corrected chi connectivity index (χ0v) is 25.2. The van der Waals surface area contributed by atoms with Crippen LogP contribution in [0.25, 0.3) is 0 Å². The van der Waals surface area contributed by atoms with Crippen molar-refractivity contribution in [2.75, 3.05) is 23.7 Å². The van der Waals surface area contributed by atoms with E-state index in [1.165, 1.54) is 24.3 Å². The molecule has 220 valence electrons. The molecule has 0 aliphatic carbocycles. The van der Waals surface area contributed by atoms with Gasteiger partial charge < -0.3 is 10.2 Å². The van der Waals surface area contributed by atoms with Crippen molar-refractivity contribution in [2.45, 2.75) is 45.7 Å². The lowest BCUT2D eigenvalue weighted by atomic mass is 10.0. The minimum Gasteiger partial charge on any atom is -0.354 e. The van der Waals surface area contributed by atoms with Crippen LogP contribution in [0.2, 0.25) is 5.02 Å². The second-order valence-corrected chi connectivity index (χ2v) is 12.8. The first-order valence-electron chi connectivity index (χ1n) is 13.5. The predicted molar refractivity (Wildman–Crippen MR) is 162 cm³/mol. The molecule has 3 aromatic rings. The third-order valence-corrected chi connectivity index (χ3v) is 7.93. The predicted octanol–water partition coefficient (Wildman–Crippen LogP) is 5.44. The second-order valence-electron chi connectivity index (χ2n) is 10.4. The van der Waals surface area contributed by atoms with E-state index in [0.717, 1.165) is 21.7 Å². The van der Waals surface area contributed by atoms with Crippen LogP contribution in [0.15, 0.2) is 78.9 Å². The molecule has 41 heavy (non-hydrogen) atoms. The third-order valence-electron chi connectivity index (χ3n) is 6.49. The average molecular weight is 602 g/mol. The van der Waals surface area contributed by atoms with Crippen LogP contribution < -0.4 is 9.62 Å². The Morgan fingerprint density at radius 1 is 0.927 bits per heavy atom. The smallest absolute Gasteiger partial charge is 0.243 e. The van der Waals surface area contributed by atoms with Gasteiger partial charge in [-0.3, -0.25) is 13.9 Å². The van der Waals surface area contributed by atoms with Gasteiger partial charge in [-0.15, -0.1) is 0 Å². The Bertz CT molecular complexity index is 1390. The summed E-state index contributed by atoms with van der Waals surface area (Å²) in [4.78, 5) is 28.9. The highest BCUT2D eigenvalue weighted by molar-refractivity contribution is 7.92. The fourth-order valence-corrected chi connectivity index (χ4v) is 5.47. The molecule has 0 saturated heterocycles. The Morgan fingerprint density at radius 3 is 2.15 bits per heavy atom. The summed E-state index contributed by atoms with van der Waals surface area (Å²) in [5.41, 5.74) is 2.03. The molecule has 3 aromatic carbocycles. The molecule has 0 bridgehead atoms. The summed E-state index contributed by atoms with van der Waals surface area (Å²) >= 11 is 6.08. The SMILES string of the molecule is CC(C)CNC(=O)C(Cc1ccccc1)N(Cc1ccc(Cl)cc1)C(=O)CCCN(c1ccc(F)cc1)S(C)(=O)=O. The van der Waals surface area contributed by atoms with Crippen LogP contribution in [-0.2, 0) is 32.6 Å². The van der Waals surface area contributed by atoms with Gasteiger partial charge in [0.1, 0.15) is 11.9 Å². The number of nitrogens with one attached hydrogen (secondary N) is 1. The summed E-state index contributed by atoms with van der Waals surface area (Å²) in [6.45, 7) is 4.66. The van der Waals surface area contributed by atoms with E-state index in [2.05, 4.69) is 5.32 Å². The van der Waals surface area contributed by atoms with E-state index >= 15 is 0 Å². The molecule has 3 rings (SSSR count). The average Bonchev–Trinajstić information content (AvgIpc) is 2.93. The number of amides is 2. The zero-order valence-electron chi connectivity index (χ0n) is 23.6. The number of carbonyl (C=O) groups is 2. The van der Waals surface area contributed by atoms with Crippen molar-refractivity contribution >= 4 is 39.1 Å². The van der Waals surface area contributed by atoms with E-state index < -0.39 is 21.9 Å². The van der Waals surface area contributed by atoms with Gasteiger partial charge in [0.05, 0.1) is 11.9 Å². The highest BCUT2D eigenvalue weighted by Gasteiger charge is 2.30. The van der Waals surface area contributed by atoms with E-state index in [4.69, 9.17) is 11.6 Å². The Balaban J connectivity index is 1.87. The molecule has 1 atom stereocenters. The van der Waals surface area contributed by atoms with Crippen molar-refractivity contribution in [3.8, 4) is 0 Å². The van der Waals surface area contributed by atoms with Crippen LogP contribution in [0.4, 0.5) is 10.1 Å². The fraction of sp³-hybridized carbons (Fsp3) is 0.355. The largest absolute Gasteiger partial charge is 0.354 e. The zero-order chi connectivity index (χ0) is 30.0. The van der Waals surface area contributed by atoms with Gasteiger partial charge in [0.15, 0.2) is 0 Å². The summed E-state index contributed by atoms with van der Waals surface area (Å²) in [6.07, 6.45) is 1.59. The number of benzene rings is 3. The number of rotatable bonds is 14. The molecule has 10 heteroatoms. The van der Waals surface area contributed by atoms with E-state index in [1.807, 2.05) is 56.3 Å². The van der Waals surface area contributed by atoms with Gasteiger partial charge in [0, 0.05) is 37.5 Å². The first kappa shape index (κ1) is 32.1. The van der Waals surface area contributed by atoms with Crippen molar-refractivity contribution in [1.29, 1.82) is 0 Å². The Labute approximate surface area is 247 Å². The summed E-state index contributed by atoms with van der Waals surface area (Å²) < 4.78 is 39.6. The maximum Gasteiger partial charge on any atom is 0.243 e. The third kappa shape index (κ3) is 10.2. The van der Waals surface area contributed by atoms with Gasteiger partial charge in [-0.05, 0) is 59.9 Å². The minimum absolute atomic E-state index is 0.00353. The number of hydrogen-bond donors (Lipinski definition) is 1. The molecule has 7 nitrogen and oxygen atoms in total. The topological polar surface area (TPSA) is 86.8 Å². The lowest BCUT2D eigenvalue weighted by Gasteiger charge is -2.32. The standard InChI is InChI=1S/C31H37ClFN3O4S/c1-23(2)21-34-31(38)29(20-24-8-5-4-6-9-24)35(22-25-11-13-26(32)14-12-25)30(37)10-7-19-36(41(3,39)40)28-17-15-27(33)16-18-28/h4-6,8-9,11-18,23,29H,7,10,19-22H2,1-3H3,(H,34,38). The van der Waals surface area contributed by atoms with Crippen molar-refractivity contribution in [3.05, 3.63) is 101 Å². The number of sulfonamides is 1. The fourth-order valence-electron chi connectivity index (χ4n) is 4.37. The second kappa shape index (κ2) is 15.0. The first-order chi connectivity index (χ1) is 19.4. The molecule has 0 fully saturated rings. The highest BCUT2D eigenvalue weighted by atomic mass is 35.5. The normalized spacial score (nSPS) is 12.1. The molecule has 0 heterocycles. The van der Waals surface area contributed by atoms with Gasteiger partial charge in [0.2, 0.25) is 21.8 Å². The van der Waals surface area contributed by atoms with E-state index in [1.54, 1.807) is 17.0 Å². The molecular weight excluding hydrogens is 565 g/mol. The molecule has 0 aliphatic rings. The van der Waals surface area contributed by atoms with Gasteiger partial charge in [0.25, 0.3) is 0 Å². The van der Waals surface area contributed by atoms with E-state index in [0.29, 0.717) is 23.7 Å². The molecule has 2 amide bonds. The first-order valence-corrected chi connectivity index (χ1v) is 15.8. The van der Waals surface area contributed by atoms with Gasteiger partial charge in [-0.2, -0.15) is 0 Å². The molecule has 0 saturated carbocycles. The highest BCUT2D eigenvalue weighted by Crippen LogP contribution is 2.21. The summed E-state index contributed by atoms with van der Waals surface area (Å²) in [6, 6.07) is 21.0. The number of hydrogen-bond acceptors (Lipinski definition) is 4. The molecule has 0 aromatic heterocycles. The number of halogens is 2. The van der Waals surface area contributed by atoms with E-state index in [-0.39, 0.29) is 43.7 Å². The quantitative estimate of drug-likeness (QED) is 0.267. The maximum atomic E-state index is 13.8. The Hall–Kier alpha value is -3.43. The lowest BCUT2D eigenvalue weighted by molar-refractivity contribution is -0.141. The van der Waals surface area contributed by atoms with Crippen LogP contribution in [0, 0.1) is 11.7 Å². The van der Waals surface area contributed by atoms with Gasteiger partial charge >= 0.3 is 0 Å². The molecule has 1 N–H and O–H groups in total. The molecule has 1 unspecified atom stereocenters. The van der Waals surface area contributed by atoms with Crippen LogP contribution in [0.5, 0.6) is 0 Å². The van der Waals surface area contributed by atoms with E-state index in [9.17, 15) is 22.4 Å². The minimum atomic E-state index is -3.68. The van der Waals surface area contributed by atoms with Crippen LogP contribution in [0.3, 0.4) is 0 Å². The summed E-state index contributed by atoms with van der Waals surface area (Å²) in [5, 5.41) is 3.54. The molecule has 0 radical (unpaired) electrons. The van der Waals surface area contributed by atoms with Gasteiger partial charge in [-0.25, -0.2) is 12.8 Å². The number of carbonyl (C=O) groups excluding carboxylic acids is 2. The number of anilines is 1. The summed E-state index contributed by atoms with van der Waals surface area (Å²) in [5.74, 6) is -0.789.